The molecule has 2 aromatic rings. The van der Waals surface area contributed by atoms with Gasteiger partial charge in [-0.1, -0.05) is 64.5 Å². The molecule has 1 fully saturated rings. The number of nitrogens with zero attached hydrogens (tertiary/aromatic N) is 3. The van der Waals surface area contributed by atoms with Gasteiger partial charge >= 0.3 is 5.97 Å². The Kier molecular flexibility index (Phi) is 17.7. The highest BCUT2D eigenvalue weighted by Crippen LogP contribution is 2.29. The molecule has 0 aliphatic carbocycles. The van der Waals surface area contributed by atoms with Gasteiger partial charge in [-0.25, -0.2) is 19.9 Å². The van der Waals surface area contributed by atoms with Crippen molar-refractivity contribution in [2.45, 2.75) is 136 Å². The fourth-order valence-corrected chi connectivity index (χ4v) is 6.19. The number of unbranched alkanes of at least 4 members (excludes halogenated alkanes) is 7. The number of oxazole rings is 1. The van der Waals surface area contributed by atoms with Crippen LogP contribution in [0.1, 0.15) is 127 Å². The molecule has 1 aliphatic rings. The Balaban J connectivity index is 1.80. The second kappa shape index (κ2) is 21.9. The van der Waals surface area contributed by atoms with E-state index >= 15 is 0 Å². The monoisotopic (exact) mass is 743 g/mol. The maximum absolute atomic E-state index is 13.9. The fraction of sp³-hybridized carbons (Fsp3) is 0.632. The number of hydrogen-bond acceptors (Lipinski definition) is 11. The minimum atomic E-state index is -1.20. The Morgan fingerprint density at radius 2 is 1.72 bits per heavy atom. The molecule has 1 aromatic carbocycles. The van der Waals surface area contributed by atoms with E-state index in [1.165, 1.54) is 19.9 Å². The second-order valence-corrected chi connectivity index (χ2v) is 13.8. The Morgan fingerprint density at radius 1 is 1.04 bits per heavy atom. The molecule has 0 radical (unpaired) electrons. The van der Waals surface area contributed by atoms with Gasteiger partial charge in [0.15, 0.2) is 5.69 Å². The number of carbonyl (C=O) groups excluding carboxylic acids is 5. The highest BCUT2D eigenvalue weighted by Gasteiger charge is 2.35. The summed E-state index contributed by atoms with van der Waals surface area (Å²) in [5.41, 5.74) is 0.180. The number of rotatable bonds is 21. The predicted molar refractivity (Wildman–Crippen MR) is 194 cm³/mol. The number of aryl methyl sites for hydroxylation is 1. The average molecular weight is 744 g/mol. The molecule has 1 saturated heterocycles. The van der Waals surface area contributed by atoms with Crippen LogP contribution in [-0.4, -0.2) is 91.5 Å². The van der Waals surface area contributed by atoms with Crippen LogP contribution in [0.3, 0.4) is 0 Å². The van der Waals surface area contributed by atoms with Crippen LogP contribution >= 0.6 is 0 Å². The van der Waals surface area contributed by atoms with Gasteiger partial charge < -0.3 is 24.9 Å². The number of esters is 1. The summed E-state index contributed by atoms with van der Waals surface area (Å²) in [7, 11) is 0. The summed E-state index contributed by atoms with van der Waals surface area (Å²) in [5, 5.41) is 36.8. The number of phenolic OH excluding ortho intramolecular Hbond substituents is 1. The first-order valence-electron chi connectivity index (χ1n) is 18.9. The Hall–Kier alpha value is -4.50. The number of aromatic nitrogens is 1. The number of nitrogens with one attached hydrogen (secondary N) is 2. The van der Waals surface area contributed by atoms with Crippen LogP contribution in [0.25, 0.3) is 11.5 Å². The molecule has 294 valence electrons. The third-order valence-electron chi connectivity index (χ3n) is 9.52. The lowest BCUT2D eigenvalue weighted by molar-refractivity contribution is -0.167. The molecule has 4 amide bonds. The number of benzene rings is 1. The van der Waals surface area contributed by atoms with Crippen LogP contribution in [0.2, 0.25) is 0 Å². The molecule has 53 heavy (non-hydrogen) atoms. The number of carbonyl (C=O) groups is 5. The van der Waals surface area contributed by atoms with Crippen molar-refractivity contribution in [1.82, 2.24) is 25.7 Å². The molecule has 1 aromatic heterocycles. The van der Waals surface area contributed by atoms with Crippen molar-refractivity contribution < 1.29 is 48.6 Å². The number of amides is 4. The van der Waals surface area contributed by atoms with Crippen LogP contribution in [0.15, 0.2) is 28.7 Å². The van der Waals surface area contributed by atoms with Gasteiger partial charge in [-0.3, -0.25) is 29.6 Å². The summed E-state index contributed by atoms with van der Waals surface area (Å²) in [6.45, 7) is 6.72. The van der Waals surface area contributed by atoms with Gasteiger partial charge in [-0.05, 0) is 70.4 Å². The number of ether oxygens (including phenoxy) is 1. The molecule has 15 heteroatoms. The van der Waals surface area contributed by atoms with E-state index in [-0.39, 0.29) is 48.2 Å². The van der Waals surface area contributed by atoms with E-state index in [1.807, 2.05) is 0 Å². The zero-order valence-corrected chi connectivity index (χ0v) is 31.5. The van der Waals surface area contributed by atoms with Gasteiger partial charge in [-0.15, -0.1) is 0 Å². The number of hydrogen-bond donors (Lipinski definition) is 5. The van der Waals surface area contributed by atoms with Crippen LogP contribution in [-0.2, 0) is 23.9 Å². The topological polar surface area (TPSA) is 212 Å². The van der Waals surface area contributed by atoms with E-state index < -0.39 is 53.7 Å². The molecule has 4 atom stereocenters. The molecule has 0 bridgehead atoms. The Bertz CT molecular complexity index is 1510. The van der Waals surface area contributed by atoms with Crippen LogP contribution in [0, 0.1) is 12.8 Å². The zero-order chi connectivity index (χ0) is 38.9. The van der Waals surface area contributed by atoms with Gasteiger partial charge in [0.25, 0.3) is 11.8 Å². The van der Waals surface area contributed by atoms with Crippen molar-refractivity contribution in [2.24, 2.45) is 5.92 Å². The summed E-state index contributed by atoms with van der Waals surface area (Å²) in [6, 6.07) is 4.25. The maximum Gasteiger partial charge on any atom is 0.328 e. The Morgan fingerprint density at radius 3 is 2.42 bits per heavy atom. The van der Waals surface area contributed by atoms with E-state index in [0.29, 0.717) is 55.1 Å². The number of phenols is 1. The fourth-order valence-electron chi connectivity index (χ4n) is 6.19. The molecular formula is C38H57N5O10. The van der Waals surface area contributed by atoms with Gasteiger partial charge in [0, 0.05) is 20.0 Å². The van der Waals surface area contributed by atoms with Crippen molar-refractivity contribution in [1.29, 1.82) is 0 Å². The third-order valence-corrected chi connectivity index (χ3v) is 9.52. The molecule has 0 spiro atoms. The minimum Gasteiger partial charge on any atom is -0.507 e. The maximum atomic E-state index is 13.9. The van der Waals surface area contributed by atoms with Gasteiger partial charge in [0.1, 0.15) is 29.7 Å². The van der Waals surface area contributed by atoms with Gasteiger partial charge in [0.05, 0.1) is 11.5 Å². The van der Waals surface area contributed by atoms with Gasteiger partial charge in [-0.2, -0.15) is 0 Å². The zero-order valence-electron chi connectivity index (χ0n) is 31.5. The largest absolute Gasteiger partial charge is 0.507 e. The summed E-state index contributed by atoms with van der Waals surface area (Å²) in [5.74, 6) is -3.92. The summed E-state index contributed by atoms with van der Waals surface area (Å²) in [4.78, 5) is 69.5. The highest BCUT2D eigenvalue weighted by atomic mass is 16.5. The number of aromatic hydroxyl groups is 1. The van der Waals surface area contributed by atoms with Crippen molar-refractivity contribution in [2.75, 3.05) is 13.1 Å². The quantitative estimate of drug-likeness (QED) is 0.0470. The van der Waals surface area contributed by atoms with Crippen molar-refractivity contribution in [3.63, 3.8) is 0 Å². The molecule has 0 saturated carbocycles. The highest BCUT2D eigenvalue weighted by molar-refractivity contribution is 5.96. The molecule has 5 N–H and O–H groups in total. The average Bonchev–Trinajstić information content (AvgIpc) is 3.45. The lowest BCUT2D eigenvalue weighted by atomic mass is 9.96. The first-order chi connectivity index (χ1) is 25.3. The third kappa shape index (κ3) is 13.5. The lowest BCUT2D eigenvalue weighted by Gasteiger charge is -2.28. The molecule has 3 rings (SSSR count). The second-order valence-electron chi connectivity index (χ2n) is 13.8. The first kappa shape index (κ1) is 42.9. The summed E-state index contributed by atoms with van der Waals surface area (Å²) in [6.07, 6.45) is 8.81. The SMILES string of the molecule is CCCCCCCCC[C@H](OC(=O)[C@H](CCCCN(O)C(C)=O)NC(=O)c1nc(-c2ccccc2O)oc1C)[C@@H](C)C(=O)N[C@@H]1CCCCN(O)C1=O. The standard InChI is InChI=1S/C38H57N5O10/c1-5-6-7-8-9-10-11-22-32(25(2)34(46)39-29-19-14-17-24-43(51)37(29)48)53-38(49)30(20-15-16-23-42(50)27(4)44)40-35(47)33-26(3)52-36(41-33)28-18-12-13-21-31(28)45/h12-13,18,21,25,29-30,32,45,50-51H,5-11,14-17,19-20,22-24H2,1-4H3,(H,39,46)(H,40,47)/t25-,29-,30+,32+/m1/s1. The van der Waals surface area contributed by atoms with E-state index in [9.17, 15) is 39.5 Å². The van der Waals surface area contributed by atoms with E-state index in [4.69, 9.17) is 9.15 Å². The van der Waals surface area contributed by atoms with Crippen molar-refractivity contribution >= 4 is 29.6 Å². The Labute approximate surface area is 311 Å². The smallest absolute Gasteiger partial charge is 0.328 e. The van der Waals surface area contributed by atoms with Crippen molar-refractivity contribution in [3.8, 4) is 17.2 Å². The molecule has 1 aliphatic heterocycles. The number of para-hydroxylation sites is 1. The number of hydroxylamine groups is 4. The molecule has 2 heterocycles. The molecular weight excluding hydrogens is 686 g/mol. The van der Waals surface area contributed by atoms with E-state index in [0.717, 1.165) is 38.5 Å². The van der Waals surface area contributed by atoms with Crippen LogP contribution in [0.4, 0.5) is 0 Å². The van der Waals surface area contributed by atoms with E-state index in [2.05, 4.69) is 22.5 Å². The minimum absolute atomic E-state index is 0.0145. The van der Waals surface area contributed by atoms with Crippen LogP contribution in [0.5, 0.6) is 5.75 Å². The van der Waals surface area contributed by atoms with E-state index in [1.54, 1.807) is 25.1 Å². The predicted octanol–water partition coefficient (Wildman–Crippen LogP) is 5.44. The lowest BCUT2D eigenvalue weighted by Crippen LogP contribution is -2.50. The van der Waals surface area contributed by atoms with Crippen LogP contribution < -0.4 is 10.6 Å². The van der Waals surface area contributed by atoms with Crippen molar-refractivity contribution in [3.05, 3.63) is 35.7 Å². The summed E-state index contributed by atoms with van der Waals surface area (Å²) >= 11 is 0. The first-order valence-corrected chi connectivity index (χ1v) is 18.9. The normalized spacial score (nSPS) is 16.3. The summed E-state index contributed by atoms with van der Waals surface area (Å²) < 4.78 is 11.7. The van der Waals surface area contributed by atoms with Gasteiger partial charge in [0.2, 0.25) is 17.7 Å². The molecule has 0 unspecified atom stereocenters. The molecule has 15 nitrogen and oxygen atoms in total.